The average Bonchev–Trinajstić information content (AvgIpc) is 2.58. The topological polar surface area (TPSA) is 25.9 Å². The van der Waals surface area contributed by atoms with Gasteiger partial charge >= 0.3 is 0 Å². The van der Waals surface area contributed by atoms with Crippen LogP contribution in [0.3, 0.4) is 0 Å². The molecule has 0 atom stereocenters. The van der Waals surface area contributed by atoms with Crippen LogP contribution in [0.5, 0.6) is 0 Å². The number of aromatic nitrogens is 2. The Morgan fingerprint density at radius 2 is 2.00 bits per heavy atom. The monoisotopic (exact) mass is 359 g/mol. The van der Waals surface area contributed by atoms with Gasteiger partial charge in [-0.15, -0.1) is 24.0 Å². The Balaban J connectivity index is 0.00000162. The van der Waals surface area contributed by atoms with Gasteiger partial charge in [-0.3, -0.25) is 4.79 Å². The molecule has 0 saturated heterocycles. The number of rotatable bonds is 3. The summed E-state index contributed by atoms with van der Waals surface area (Å²) in [7, 11) is 0. The molecule has 1 aromatic carbocycles. The number of ketones is 1. The molecule has 0 aliphatic carbocycles. The first-order valence-corrected chi connectivity index (χ1v) is 6.13. The fraction of sp³-hybridized carbons (Fsp3) is 0.429. The van der Waals surface area contributed by atoms with Gasteiger partial charge in [-0.25, -0.2) is 9.13 Å². The molecule has 3 nitrogen and oxygen atoms in total. The smallest absolute Gasteiger partial charge is 0.254 e. The minimum Gasteiger partial charge on any atom is -0.295 e. The fourth-order valence-corrected chi connectivity index (χ4v) is 2.48. The molecule has 0 aliphatic rings. The van der Waals surface area contributed by atoms with E-state index in [0.717, 1.165) is 24.2 Å². The highest BCUT2D eigenvalue weighted by Gasteiger charge is 2.19. The number of imidazole rings is 1. The van der Waals surface area contributed by atoms with E-state index < -0.39 is 0 Å². The van der Waals surface area contributed by atoms with Crippen LogP contribution < -0.4 is 4.57 Å². The van der Waals surface area contributed by atoms with E-state index in [9.17, 15) is 4.79 Å². The molecule has 98 valence electrons. The fourth-order valence-electron chi connectivity index (χ4n) is 2.48. The molecule has 1 heterocycles. The van der Waals surface area contributed by atoms with Crippen molar-refractivity contribution in [1.82, 2.24) is 4.57 Å². The van der Waals surface area contributed by atoms with E-state index in [1.54, 1.807) is 6.92 Å². The normalized spacial score (nSPS) is 10.4. The van der Waals surface area contributed by atoms with Gasteiger partial charge in [-0.05, 0) is 32.9 Å². The van der Waals surface area contributed by atoms with Crippen LogP contribution in [0.25, 0.3) is 11.0 Å². The van der Waals surface area contributed by atoms with Crippen LogP contribution in [0.2, 0.25) is 0 Å². The Morgan fingerprint density at radius 1 is 1.33 bits per heavy atom. The molecule has 0 fully saturated rings. The second-order valence-electron chi connectivity index (χ2n) is 4.30. The molecule has 0 aliphatic heterocycles. The lowest BCUT2D eigenvalue weighted by molar-refractivity contribution is -0.674. The Labute approximate surface area is 125 Å². The van der Waals surface area contributed by atoms with Crippen LogP contribution in [-0.4, -0.2) is 10.4 Å². The van der Waals surface area contributed by atoms with E-state index in [1.807, 2.05) is 12.1 Å². The van der Waals surface area contributed by atoms with Crippen LogP contribution >= 0.6 is 24.0 Å². The van der Waals surface area contributed by atoms with Gasteiger partial charge in [0.25, 0.3) is 5.82 Å². The minimum atomic E-state index is 0. The number of Topliss-reactive ketones (excluding diaryl/α,β-unsaturated/α-hetero) is 1. The molecule has 18 heavy (non-hydrogen) atoms. The summed E-state index contributed by atoms with van der Waals surface area (Å²) in [5, 5.41) is 0. The summed E-state index contributed by atoms with van der Waals surface area (Å²) < 4.78 is 4.54. The van der Waals surface area contributed by atoms with E-state index in [4.69, 9.17) is 0 Å². The predicted octanol–water partition coefficient (Wildman–Crippen LogP) is 3.10. The van der Waals surface area contributed by atoms with Crippen molar-refractivity contribution in [3.63, 3.8) is 0 Å². The number of aryl methyl sites for hydroxylation is 2. The average molecular weight is 359 g/mol. The Bertz CT molecular complexity index is 587. The SMILES string of the molecule is CCn1c(C)[n+](CC)c2ccc(C(C)=O)cc21.I. The van der Waals surface area contributed by atoms with Gasteiger partial charge in [0, 0.05) is 18.6 Å². The van der Waals surface area contributed by atoms with E-state index >= 15 is 0 Å². The third-order valence-electron chi connectivity index (χ3n) is 3.38. The molecule has 4 heteroatoms. The van der Waals surface area contributed by atoms with Crippen molar-refractivity contribution in [2.24, 2.45) is 0 Å². The predicted molar refractivity (Wildman–Crippen MR) is 83.6 cm³/mol. The first-order valence-electron chi connectivity index (χ1n) is 6.13. The van der Waals surface area contributed by atoms with Crippen LogP contribution in [0.1, 0.15) is 37.0 Å². The Hall–Kier alpha value is -0.910. The molecule has 2 rings (SSSR count). The standard InChI is InChI=1S/C14H19N2O.HI/c1-5-15-11(4)16(6-2)14-9-12(10(3)17)7-8-13(14)15;/h7-9H,5-6H2,1-4H3;1H/q+1;. The van der Waals surface area contributed by atoms with Crippen LogP contribution in [0, 0.1) is 6.92 Å². The van der Waals surface area contributed by atoms with Crippen molar-refractivity contribution >= 4 is 40.8 Å². The molecular weight excluding hydrogens is 339 g/mol. The van der Waals surface area contributed by atoms with E-state index in [2.05, 4.69) is 36.0 Å². The zero-order valence-corrected chi connectivity index (χ0v) is 13.7. The van der Waals surface area contributed by atoms with E-state index in [-0.39, 0.29) is 29.8 Å². The largest absolute Gasteiger partial charge is 0.295 e. The minimum absolute atomic E-state index is 0. The van der Waals surface area contributed by atoms with Gasteiger partial charge in [-0.2, -0.15) is 0 Å². The number of benzene rings is 1. The maximum atomic E-state index is 11.4. The van der Waals surface area contributed by atoms with Gasteiger partial charge in [0.15, 0.2) is 16.8 Å². The Morgan fingerprint density at radius 3 is 2.50 bits per heavy atom. The lowest BCUT2D eigenvalue weighted by atomic mass is 10.1. The molecule has 1 aromatic heterocycles. The maximum absolute atomic E-state index is 11.4. The number of hydrogen-bond donors (Lipinski definition) is 0. The molecule has 0 spiro atoms. The van der Waals surface area contributed by atoms with Gasteiger partial charge in [0.2, 0.25) is 0 Å². The van der Waals surface area contributed by atoms with Crippen molar-refractivity contribution in [2.75, 3.05) is 0 Å². The Kier molecular flexibility index (Phi) is 4.90. The quantitative estimate of drug-likeness (QED) is 0.470. The highest BCUT2D eigenvalue weighted by atomic mass is 127. The van der Waals surface area contributed by atoms with Crippen molar-refractivity contribution < 1.29 is 9.36 Å². The van der Waals surface area contributed by atoms with Crippen molar-refractivity contribution in [2.45, 2.75) is 40.8 Å². The third kappa shape index (κ3) is 2.30. The lowest BCUT2D eigenvalue weighted by Crippen LogP contribution is -2.35. The number of carbonyl (C=O) groups is 1. The lowest BCUT2D eigenvalue weighted by Gasteiger charge is -1.96. The van der Waals surface area contributed by atoms with Gasteiger partial charge in [0.05, 0.1) is 13.1 Å². The molecule has 0 bridgehead atoms. The molecule has 0 amide bonds. The number of halogens is 1. The summed E-state index contributed by atoms with van der Waals surface area (Å²) in [5.41, 5.74) is 3.14. The third-order valence-corrected chi connectivity index (χ3v) is 3.38. The van der Waals surface area contributed by atoms with Crippen molar-refractivity contribution in [1.29, 1.82) is 0 Å². The summed E-state index contributed by atoms with van der Waals surface area (Å²) in [4.78, 5) is 11.4. The van der Waals surface area contributed by atoms with Crippen LogP contribution in [0.4, 0.5) is 0 Å². The van der Waals surface area contributed by atoms with Crippen LogP contribution in [0.15, 0.2) is 18.2 Å². The second-order valence-corrected chi connectivity index (χ2v) is 4.30. The summed E-state index contributed by atoms with van der Waals surface area (Å²) in [6, 6.07) is 5.96. The van der Waals surface area contributed by atoms with Gasteiger partial charge in [0.1, 0.15) is 0 Å². The van der Waals surface area contributed by atoms with Crippen molar-refractivity contribution in [3.05, 3.63) is 29.6 Å². The number of hydrogen-bond acceptors (Lipinski definition) is 1. The maximum Gasteiger partial charge on any atom is 0.254 e. The highest BCUT2D eigenvalue weighted by molar-refractivity contribution is 14.0. The number of fused-ring (bicyclic) bond motifs is 1. The highest BCUT2D eigenvalue weighted by Crippen LogP contribution is 2.17. The van der Waals surface area contributed by atoms with E-state index in [0.29, 0.717) is 0 Å². The summed E-state index contributed by atoms with van der Waals surface area (Å²) in [6.07, 6.45) is 0. The van der Waals surface area contributed by atoms with Crippen molar-refractivity contribution in [3.8, 4) is 0 Å². The van der Waals surface area contributed by atoms with Gasteiger partial charge < -0.3 is 0 Å². The molecule has 0 N–H and O–H groups in total. The van der Waals surface area contributed by atoms with Crippen LogP contribution in [-0.2, 0) is 13.1 Å². The van der Waals surface area contributed by atoms with E-state index in [1.165, 1.54) is 11.3 Å². The molecular formula is C14H20IN2O+. The first-order chi connectivity index (χ1) is 8.10. The zero-order chi connectivity index (χ0) is 12.6. The molecule has 2 aromatic rings. The van der Waals surface area contributed by atoms with Gasteiger partial charge in [-0.1, -0.05) is 0 Å². The zero-order valence-electron chi connectivity index (χ0n) is 11.4. The summed E-state index contributed by atoms with van der Waals surface area (Å²) in [5.74, 6) is 1.36. The number of carbonyl (C=O) groups excluding carboxylic acids is 1. The summed E-state index contributed by atoms with van der Waals surface area (Å²) >= 11 is 0. The molecule has 0 unspecified atom stereocenters. The molecule has 0 radical (unpaired) electrons. The molecule has 0 saturated carbocycles. The second kappa shape index (κ2) is 5.82. The first kappa shape index (κ1) is 15.1. The summed E-state index contributed by atoms with van der Waals surface area (Å²) in [6.45, 7) is 9.89. The number of nitrogens with zero attached hydrogens (tertiary/aromatic N) is 2.